The van der Waals surface area contributed by atoms with Gasteiger partial charge in [0.05, 0.1) is 29.5 Å². The summed E-state index contributed by atoms with van der Waals surface area (Å²) in [5, 5.41) is 1.14. The fraction of sp³-hybridized carbons (Fsp3) is 0.571. The molecule has 2 heterocycles. The van der Waals surface area contributed by atoms with Gasteiger partial charge in [-0.05, 0) is 39.8 Å². The van der Waals surface area contributed by atoms with Crippen molar-refractivity contribution >= 4 is 18.6 Å². The van der Waals surface area contributed by atoms with E-state index < -0.39 is 18.3 Å². The average Bonchev–Trinajstić information content (AvgIpc) is 2.65. The molecule has 1 aliphatic rings. The Hall–Kier alpha value is -1.44. The van der Waals surface area contributed by atoms with Gasteiger partial charge < -0.3 is 9.31 Å². The monoisotopic (exact) mass is 292 g/mol. The Balaban J connectivity index is 2.37. The molecule has 0 unspecified atom stereocenters. The smallest absolute Gasteiger partial charge is 0.398 e. The van der Waals surface area contributed by atoms with E-state index in [2.05, 4.69) is 4.98 Å². The third-order valence-electron chi connectivity index (χ3n) is 4.11. The second kappa shape index (κ2) is 5.40. The molecule has 0 radical (unpaired) electrons. The van der Waals surface area contributed by atoms with Gasteiger partial charge in [0, 0.05) is 13.2 Å². The third-order valence-corrected chi connectivity index (χ3v) is 4.11. The highest BCUT2D eigenvalue weighted by Gasteiger charge is 2.53. The summed E-state index contributed by atoms with van der Waals surface area (Å²) in [5.74, 6) is -0.296. The second-order valence-electron chi connectivity index (χ2n) is 6.01. The van der Waals surface area contributed by atoms with Crippen LogP contribution in [0.1, 0.15) is 38.1 Å². The lowest BCUT2D eigenvalue weighted by Gasteiger charge is -2.32. The van der Waals surface area contributed by atoms with Crippen LogP contribution in [-0.2, 0) is 14.1 Å². The van der Waals surface area contributed by atoms with Gasteiger partial charge in [-0.2, -0.15) is 0 Å². The molecule has 1 aromatic heterocycles. The van der Waals surface area contributed by atoms with E-state index in [1.54, 1.807) is 25.4 Å². The topological polar surface area (TPSA) is 60.9 Å². The summed E-state index contributed by atoms with van der Waals surface area (Å²) in [7, 11) is 2.30. The van der Waals surface area contributed by atoms with Crippen LogP contribution >= 0.6 is 0 Å². The van der Waals surface area contributed by atoms with Crippen molar-refractivity contribution in [2.24, 2.45) is 0 Å². The van der Waals surface area contributed by atoms with Gasteiger partial charge in [0.15, 0.2) is 0 Å². The van der Waals surface area contributed by atoms with Crippen LogP contribution in [0.4, 0.5) is 0 Å². The molecule has 0 bridgehead atoms. The number of pyridine rings is 1. The molecule has 1 saturated heterocycles. The summed E-state index contributed by atoms with van der Waals surface area (Å²) in [6, 6.07) is 3.39. The molecule has 1 amide bonds. The summed E-state index contributed by atoms with van der Waals surface area (Å²) < 4.78 is 11.9. The maximum absolute atomic E-state index is 12.3. The molecule has 7 heteroatoms. The summed E-state index contributed by atoms with van der Waals surface area (Å²) in [5.41, 5.74) is -0.101. The summed E-state index contributed by atoms with van der Waals surface area (Å²) in [6.07, 6.45) is 1.62. The Morgan fingerprint density at radius 3 is 2.38 bits per heavy atom. The predicted molar refractivity (Wildman–Crippen MR) is 79.1 cm³/mol. The average molecular weight is 292 g/mol. The maximum atomic E-state index is 12.3. The van der Waals surface area contributed by atoms with Crippen LogP contribution in [-0.4, -0.2) is 48.4 Å². The Kier molecular flexibility index (Phi) is 4.10. The number of nitrogens with zero attached hydrogens (tertiary/aromatic N) is 2. The van der Waals surface area contributed by atoms with E-state index in [-0.39, 0.29) is 5.91 Å². The van der Waals surface area contributed by atoms with Crippen LogP contribution in [0.15, 0.2) is 18.3 Å². The van der Waals surface area contributed by atoms with Gasteiger partial charge in [-0.15, -0.1) is 0 Å². The lowest BCUT2D eigenvalue weighted by molar-refractivity contribution is -0.0756. The van der Waals surface area contributed by atoms with E-state index >= 15 is 0 Å². The van der Waals surface area contributed by atoms with E-state index in [0.29, 0.717) is 11.2 Å². The first kappa shape index (κ1) is 15.9. The molecule has 21 heavy (non-hydrogen) atoms. The normalized spacial score (nSPS) is 19.6. The van der Waals surface area contributed by atoms with Gasteiger partial charge in [-0.1, -0.05) is 0 Å². The van der Waals surface area contributed by atoms with Crippen molar-refractivity contribution in [2.45, 2.75) is 38.9 Å². The Morgan fingerprint density at radius 2 is 1.86 bits per heavy atom. The van der Waals surface area contributed by atoms with E-state index in [1.807, 2.05) is 27.7 Å². The fourth-order valence-electron chi connectivity index (χ4n) is 1.99. The molecule has 0 N–H and O–H groups in total. The van der Waals surface area contributed by atoms with Gasteiger partial charge in [-0.3, -0.25) is 14.6 Å². The minimum atomic E-state index is -0.680. The Bertz CT molecular complexity index is 532. The highest BCUT2D eigenvalue weighted by molar-refractivity contribution is 6.62. The fourth-order valence-corrected chi connectivity index (χ4v) is 1.99. The molecule has 6 nitrogen and oxygen atoms in total. The van der Waals surface area contributed by atoms with Crippen LogP contribution in [0, 0.1) is 0 Å². The van der Waals surface area contributed by atoms with Crippen molar-refractivity contribution in [1.29, 1.82) is 0 Å². The molecule has 0 spiro atoms. The zero-order chi connectivity index (χ0) is 15.8. The zero-order valence-corrected chi connectivity index (χ0v) is 13.3. The number of carbonyl (C=O) groups excluding carboxylic acids is 1. The van der Waals surface area contributed by atoms with E-state index in [4.69, 9.17) is 14.1 Å². The summed E-state index contributed by atoms with van der Waals surface area (Å²) >= 11 is 0. The van der Waals surface area contributed by atoms with Crippen molar-refractivity contribution in [3.8, 4) is 0 Å². The molecular weight excluding hydrogens is 271 g/mol. The molecular formula is C14H21BN2O4. The van der Waals surface area contributed by atoms with Crippen LogP contribution < -0.4 is 5.59 Å². The minimum absolute atomic E-state index is 0.296. The van der Waals surface area contributed by atoms with Gasteiger partial charge in [0.25, 0.3) is 5.91 Å². The first-order valence-corrected chi connectivity index (χ1v) is 6.82. The van der Waals surface area contributed by atoms with Crippen LogP contribution in [0.25, 0.3) is 0 Å². The predicted octanol–water partition coefficient (Wildman–Crippen LogP) is 1.01. The lowest BCUT2D eigenvalue weighted by Crippen LogP contribution is -2.42. The van der Waals surface area contributed by atoms with E-state index in [1.165, 1.54) is 7.11 Å². The first-order valence-electron chi connectivity index (χ1n) is 6.82. The Labute approximate surface area is 125 Å². The molecule has 2 rings (SSSR count). The van der Waals surface area contributed by atoms with E-state index in [0.717, 1.165) is 5.06 Å². The van der Waals surface area contributed by atoms with Crippen LogP contribution in [0.3, 0.4) is 0 Å². The van der Waals surface area contributed by atoms with Crippen molar-refractivity contribution < 1.29 is 18.9 Å². The zero-order valence-electron chi connectivity index (χ0n) is 13.3. The highest BCUT2D eigenvalue weighted by atomic mass is 16.7. The quantitative estimate of drug-likeness (QED) is 0.615. The number of hydrogen-bond acceptors (Lipinski definition) is 5. The molecule has 0 aliphatic carbocycles. The molecule has 1 aliphatic heterocycles. The summed E-state index contributed by atoms with van der Waals surface area (Å²) in [6.45, 7) is 7.83. The summed E-state index contributed by atoms with van der Waals surface area (Å²) in [4.78, 5) is 21.5. The van der Waals surface area contributed by atoms with Gasteiger partial charge in [0.1, 0.15) is 0 Å². The molecule has 0 aromatic carbocycles. The first-order chi connectivity index (χ1) is 9.69. The third kappa shape index (κ3) is 2.81. The van der Waals surface area contributed by atoms with Crippen molar-refractivity contribution in [2.75, 3.05) is 14.2 Å². The number of hydroxylamine groups is 2. The molecule has 1 fully saturated rings. The van der Waals surface area contributed by atoms with Gasteiger partial charge in [0.2, 0.25) is 0 Å². The van der Waals surface area contributed by atoms with Crippen molar-refractivity contribution in [3.63, 3.8) is 0 Å². The largest absolute Gasteiger partial charge is 0.515 e. The van der Waals surface area contributed by atoms with E-state index in [9.17, 15) is 4.79 Å². The lowest BCUT2D eigenvalue weighted by atomic mass is 9.80. The van der Waals surface area contributed by atoms with Crippen molar-refractivity contribution in [3.05, 3.63) is 23.9 Å². The number of rotatable bonds is 3. The standard InChI is InChI=1S/C14H21BN2O4/c1-13(2)14(3,4)21-15(20-13)11-10(8-7-9-16-11)12(18)17(5)19-6/h7-9H,1-6H3. The maximum Gasteiger partial charge on any atom is 0.515 e. The van der Waals surface area contributed by atoms with Crippen LogP contribution in [0.5, 0.6) is 0 Å². The number of carbonyl (C=O) groups is 1. The number of hydrogen-bond donors (Lipinski definition) is 0. The SMILES string of the molecule is CON(C)C(=O)c1cccnc1B1OC(C)(C)C(C)(C)O1. The number of amides is 1. The molecule has 1 aromatic rings. The molecule has 114 valence electrons. The van der Waals surface area contributed by atoms with Crippen LogP contribution in [0.2, 0.25) is 0 Å². The van der Waals surface area contributed by atoms with Gasteiger partial charge >= 0.3 is 7.12 Å². The van der Waals surface area contributed by atoms with Crippen molar-refractivity contribution in [1.82, 2.24) is 10.0 Å². The minimum Gasteiger partial charge on any atom is -0.398 e. The Morgan fingerprint density at radius 1 is 1.29 bits per heavy atom. The number of aromatic nitrogens is 1. The molecule has 0 atom stereocenters. The highest BCUT2D eigenvalue weighted by Crippen LogP contribution is 2.36. The molecule has 0 saturated carbocycles. The van der Waals surface area contributed by atoms with Gasteiger partial charge in [-0.25, -0.2) is 5.06 Å². The second-order valence-corrected chi connectivity index (χ2v) is 6.01.